The molecular formula is C17H19BrN4O3. The molecule has 25 heavy (non-hydrogen) atoms. The summed E-state index contributed by atoms with van der Waals surface area (Å²) in [5.41, 5.74) is 1.55. The normalized spacial score (nSPS) is 15.3. The first-order valence-corrected chi connectivity index (χ1v) is 8.82. The van der Waals surface area contributed by atoms with Crippen molar-refractivity contribution in [3.8, 4) is 0 Å². The summed E-state index contributed by atoms with van der Waals surface area (Å²) in [5, 5.41) is 12.8. The lowest BCUT2D eigenvalue weighted by Crippen LogP contribution is -2.48. The molecule has 1 aliphatic rings. The Balaban J connectivity index is 1.58. The Labute approximate surface area is 154 Å². The Hall–Kier alpha value is -2.19. The number of carbonyl (C=O) groups is 2. The third kappa shape index (κ3) is 4.46. The molecule has 0 saturated carbocycles. The first-order valence-electron chi connectivity index (χ1n) is 8.02. The quantitative estimate of drug-likeness (QED) is 0.816. The molecule has 0 bridgehead atoms. The van der Waals surface area contributed by atoms with Gasteiger partial charge in [0.05, 0.1) is 0 Å². The summed E-state index contributed by atoms with van der Waals surface area (Å²) in [7, 11) is 0. The molecule has 2 heterocycles. The molecule has 1 saturated heterocycles. The van der Waals surface area contributed by atoms with Gasteiger partial charge in [-0.05, 0) is 23.8 Å². The van der Waals surface area contributed by atoms with Crippen LogP contribution in [0.4, 0.5) is 0 Å². The number of aliphatic carboxylic acids is 1. The SMILES string of the molecule is O=C(O)Cn1nccc1C(=O)N1CCN(Cc2cccc(Br)c2)CC1. The van der Waals surface area contributed by atoms with Crippen LogP contribution in [0.25, 0.3) is 0 Å². The highest BCUT2D eigenvalue weighted by atomic mass is 79.9. The fourth-order valence-corrected chi connectivity index (χ4v) is 3.38. The molecule has 7 nitrogen and oxygen atoms in total. The van der Waals surface area contributed by atoms with Crippen molar-refractivity contribution >= 4 is 27.8 Å². The maximum atomic E-state index is 12.6. The van der Waals surface area contributed by atoms with Gasteiger partial charge in [-0.25, -0.2) is 4.68 Å². The first kappa shape index (κ1) is 17.6. The number of nitrogens with zero attached hydrogens (tertiary/aromatic N) is 4. The zero-order valence-electron chi connectivity index (χ0n) is 13.6. The van der Waals surface area contributed by atoms with Crippen molar-refractivity contribution in [2.45, 2.75) is 13.1 Å². The van der Waals surface area contributed by atoms with Gasteiger partial charge in [0.2, 0.25) is 0 Å². The van der Waals surface area contributed by atoms with E-state index >= 15 is 0 Å². The van der Waals surface area contributed by atoms with Crippen LogP contribution in [0.5, 0.6) is 0 Å². The number of piperazine rings is 1. The molecule has 2 aromatic rings. The summed E-state index contributed by atoms with van der Waals surface area (Å²) in [6, 6.07) is 9.77. The second-order valence-corrected chi connectivity index (χ2v) is 6.88. The maximum absolute atomic E-state index is 12.6. The molecule has 1 aromatic carbocycles. The second-order valence-electron chi connectivity index (χ2n) is 5.97. The van der Waals surface area contributed by atoms with Gasteiger partial charge in [0.25, 0.3) is 5.91 Å². The summed E-state index contributed by atoms with van der Waals surface area (Å²) >= 11 is 3.48. The van der Waals surface area contributed by atoms with E-state index in [2.05, 4.69) is 38.1 Å². The molecule has 1 fully saturated rings. The van der Waals surface area contributed by atoms with Gasteiger partial charge in [0.1, 0.15) is 12.2 Å². The third-order valence-electron chi connectivity index (χ3n) is 4.18. The summed E-state index contributed by atoms with van der Waals surface area (Å²) in [6.45, 7) is 3.34. The van der Waals surface area contributed by atoms with Gasteiger partial charge in [-0.3, -0.25) is 14.5 Å². The van der Waals surface area contributed by atoms with Crippen molar-refractivity contribution in [2.75, 3.05) is 26.2 Å². The van der Waals surface area contributed by atoms with Crippen LogP contribution in [0.3, 0.4) is 0 Å². The van der Waals surface area contributed by atoms with E-state index in [1.807, 2.05) is 12.1 Å². The zero-order valence-corrected chi connectivity index (χ0v) is 15.2. The first-order chi connectivity index (χ1) is 12.0. The molecule has 1 aliphatic heterocycles. The Morgan fingerprint density at radius 2 is 1.92 bits per heavy atom. The van der Waals surface area contributed by atoms with E-state index in [-0.39, 0.29) is 12.5 Å². The molecular weight excluding hydrogens is 388 g/mol. The van der Waals surface area contributed by atoms with Crippen LogP contribution in [0.1, 0.15) is 16.1 Å². The molecule has 1 N–H and O–H groups in total. The molecule has 1 amide bonds. The van der Waals surface area contributed by atoms with Crippen molar-refractivity contribution in [1.82, 2.24) is 19.6 Å². The van der Waals surface area contributed by atoms with Gasteiger partial charge in [-0.1, -0.05) is 28.1 Å². The Morgan fingerprint density at radius 3 is 2.60 bits per heavy atom. The van der Waals surface area contributed by atoms with Crippen molar-refractivity contribution in [3.63, 3.8) is 0 Å². The predicted octanol–water partition coefficient (Wildman–Crippen LogP) is 1.69. The van der Waals surface area contributed by atoms with E-state index in [9.17, 15) is 9.59 Å². The molecule has 1 aromatic heterocycles. The summed E-state index contributed by atoms with van der Waals surface area (Å²) < 4.78 is 2.30. The van der Waals surface area contributed by atoms with Gasteiger partial charge in [0, 0.05) is 43.4 Å². The Kier molecular flexibility index (Phi) is 5.50. The fraction of sp³-hybridized carbons (Fsp3) is 0.353. The van der Waals surface area contributed by atoms with Gasteiger partial charge in [-0.15, -0.1) is 0 Å². The number of carbonyl (C=O) groups excluding carboxylic acids is 1. The van der Waals surface area contributed by atoms with Crippen molar-refractivity contribution in [1.29, 1.82) is 0 Å². The lowest BCUT2D eigenvalue weighted by Gasteiger charge is -2.34. The van der Waals surface area contributed by atoms with Crippen molar-refractivity contribution in [3.05, 3.63) is 52.3 Å². The average molecular weight is 407 g/mol. The van der Waals surface area contributed by atoms with E-state index in [1.165, 1.54) is 16.4 Å². The predicted molar refractivity (Wildman–Crippen MR) is 95.2 cm³/mol. The summed E-state index contributed by atoms with van der Waals surface area (Å²) in [6.07, 6.45) is 1.46. The van der Waals surface area contributed by atoms with Gasteiger partial charge >= 0.3 is 5.97 Å². The number of hydrogen-bond donors (Lipinski definition) is 1. The number of halogens is 1. The number of rotatable bonds is 5. The highest BCUT2D eigenvalue weighted by molar-refractivity contribution is 9.10. The maximum Gasteiger partial charge on any atom is 0.325 e. The minimum Gasteiger partial charge on any atom is -0.480 e. The van der Waals surface area contributed by atoms with Crippen LogP contribution in [0.2, 0.25) is 0 Å². The minimum absolute atomic E-state index is 0.166. The summed E-state index contributed by atoms with van der Waals surface area (Å²) in [5.74, 6) is -1.18. The van der Waals surface area contributed by atoms with Crippen LogP contribution in [0, 0.1) is 0 Å². The van der Waals surface area contributed by atoms with Gasteiger partial charge < -0.3 is 10.0 Å². The van der Waals surface area contributed by atoms with Crippen molar-refractivity contribution < 1.29 is 14.7 Å². The lowest BCUT2D eigenvalue weighted by atomic mass is 10.2. The zero-order chi connectivity index (χ0) is 17.8. The number of carboxylic acids is 1. The number of aromatic nitrogens is 2. The van der Waals surface area contributed by atoms with Gasteiger partial charge in [0.15, 0.2) is 0 Å². The lowest BCUT2D eigenvalue weighted by molar-refractivity contribution is -0.137. The summed E-state index contributed by atoms with van der Waals surface area (Å²) in [4.78, 5) is 27.5. The highest BCUT2D eigenvalue weighted by Gasteiger charge is 2.24. The molecule has 0 unspecified atom stereocenters. The number of hydrogen-bond acceptors (Lipinski definition) is 4. The number of benzene rings is 1. The largest absolute Gasteiger partial charge is 0.480 e. The number of amides is 1. The third-order valence-corrected chi connectivity index (χ3v) is 4.67. The average Bonchev–Trinajstić information content (AvgIpc) is 3.02. The van der Waals surface area contributed by atoms with Gasteiger partial charge in [-0.2, -0.15) is 5.10 Å². The van der Waals surface area contributed by atoms with E-state index < -0.39 is 5.97 Å². The van der Waals surface area contributed by atoms with Crippen LogP contribution >= 0.6 is 15.9 Å². The van der Waals surface area contributed by atoms with Crippen LogP contribution in [-0.4, -0.2) is 62.7 Å². The molecule has 8 heteroatoms. The van der Waals surface area contributed by atoms with E-state index in [4.69, 9.17) is 5.11 Å². The molecule has 0 atom stereocenters. The molecule has 132 valence electrons. The topological polar surface area (TPSA) is 78.7 Å². The fourth-order valence-electron chi connectivity index (χ4n) is 2.93. The van der Waals surface area contributed by atoms with Crippen LogP contribution in [0.15, 0.2) is 41.0 Å². The van der Waals surface area contributed by atoms with E-state index in [0.29, 0.717) is 18.8 Å². The van der Waals surface area contributed by atoms with Crippen molar-refractivity contribution in [2.24, 2.45) is 0 Å². The second kappa shape index (κ2) is 7.79. The Bertz CT molecular complexity index is 769. The highest BCUT2D eigenvalue weighted by Crippen LogP contribution is 2.15. The molecule has 3 rings (SSSR count). The molecule has 0 radical (unpaired) electrons. The smallest absolute Gasteiger partial charge is 0.325 e. The van der Waals surface area contributed by atoms with E-state index in [1.54, 1.807) is 11.0 Å². The molecule has 0 aliphatic carbocycles. The number of carboxylic acid groups (broad SMARTS) is 1. The standard InChI is InChI=1S/C17H19BrN4O3/c18-14-3-1-2-13(10-14)11-20-6-8-21(9-7-20)17(25)15-4-5-19-22(15)12-16(23)24/h1-5,10H,6-9,11-12H2,(H,23,24). The molecule has 0 spiro atoms. The van der Waals surface area contributed by atoms with E-state index in [0.717, 1.165) is 24.1 Å². The van der Waals surface area contributed by atoms with Crippen LogP contribution < -0.4 is 0 Å². The minimum atomic E-state index is -1.02. The van der Waals surface area contributed by atoms with Crippen LogP contribution in [-0.2, 0) is 17.9 Å². The monoisotopic (exact) mass is 406 g/mol. The Morgan fingerprint density at radius 1 is 1.16 bits per heavy atom.